The zero-order valence-corrected chi connectivity index (χ0v) is 13.1. The van der Waals surface area contributed by atoms with Gasteiger partial charge in [0, 0.05) is 36.4 Å². The smallest absolute Gasteiger partial charge is 0.106 e. The molecule has 0 saturated carbocycles. The summed E-state index contributed by atoms with van der Waals surface area (Å²) >= 11 is 5.06. The van der Waals surface area contributed by atoms with E-state index in [2.05, 4.69) is 37.9 Å². The summed E-state index contributed by atoms with van der Waals surface area (Å²) < 4.78 is 0. The van der Waals surface area contributed by atoms with Gasteiger partial charge in [-0.2, -0.15) is 0 Å². The van der Waals surface area contributed by atoms with Crippen LogP contribution < -0.4 is 11.1 Å². The summed E-state index contributed by atoms with van der Waals surface area (Å²) in [5, 5.41) is 3.43. The Labute approximate surface area is 122 Å². The monoisotopic (exact) mass is 279 g/mol. The van der Waals surface area contributed by atoms with Crippen LogP contribution in [0.25, 0.3) is 0 Å². The predicted octanol–water partition coefficient (Wildman–Crippen LogP) is 2.85. The van der Waals surface area contributed by atoms with E-state index in [0.29, 0.717) is 17.1 Å². The Balaban J connectivity index is 2.60. The molecule has 0 unspecified atom stereocenters. The van der Waals surface area contributed by atoms with E-state index >= 15 is 0 Å². The van der Waals surface area contributed by atoms with Crippen LogP contribution in [0.3, 0.4) is 0 Å². The van der Waals surface area contributed by atoms with Gasteiger partial charge in [0.25, 0.3) is 0 Å². The molecular weight excluding hydrogens is 254 g/mol. The molecule has 1 aromatic carbocycles. The van der Waals surface area contributed by atoms with E-state index < -0.39 is 0 Å². The van der Waals surface area contributed by atoms with Crippen molar-refractivity contribution in [1.82, 2.24) is 4.90 Å². The van der Waals surface area contributed by atoms with Crippen LogP contribution in [0, 0.1) is 0 Å². The van der Waals surface area contributed by atoms with Crippen LogP contribution in [-0.4, -0.2) is 35.1 Å². The van der Waals surface area contributed by atoms with E-state index in [0.717, 1.165) is 24.3 Å². The highest BCUT2D eigenvalue weighted by Crippen LogP contribution is 2.14. The quantitative estimate of drug-likeness (QED) is 0.753. The molecular formula is C15H25N3S. The lowest BCUT2D eigenvalue weighted by atomic mass is 10.1. The standard InChI is InChI=1S/C15H25N3S/c1-11(2)18(12(3)4)10-9-17-14-8-6-5-7-13(14)15(16)19/h5-8,11-12,17H,9-10H2,1-4H3,(H2,16,19). The van der Waals surface area contributed by atoms with Crippen molar-refractivity contribution < 1.29 is 0 Å². The van der Waals surface area contributed by atoms with Crippen molar-refractivity contribution in [1.29, 1.82) is 0 Å². The molecule has 106 valence electrons. The van der Waals surface area contributed by atoms with Crippen molar-refractivity contribution in [2.45, 2.75) is 39.8 Å². The molecule has 0 radical (unpaired) electrons. The van der Waals surface area contributed by atoms with Gasteiger partial charge in [0.15, 0.2) is 0 Å². The lowest BCUT2D eigenvalue weighted by Crippen LogP contribution is -2.40. The second kappa shape index (κ2) is 7.46. The Morgan fingerprint density at radius 2 is 1.79 bits per heavy atom. The van der Waals surface area contributed by atoms with Crippen LogP contribution in [0.15, 0.2) is 24.3 Å². The lowest BCUT2D eigenvalue weighted by molar-refractivity contribution is 0.182. The summed E-state index contributed by atoms with van der Waals surface area (Å²) in [6.07, 6.45) is 0. The number of nitrogens with one attached hydrogen (secondary N) is 1. The van der Waals surface area contributed by atoms with E-state index in [-0.39, 0.29) is 0 Å². The predicted molar refractivity (Wildman–Crippen MR) is 87.8 cm³/mol. The maximum absolute atomic E-state index is 5.72. The van der Waals surface area contributed by atoms with Crippen molar-refractivity contribution in [2.75, 3.05) is 18.4 Å². The Bertz CT molecular complexity index is 408. The maximum atomic E-state index is 5.72. The number of nitrogens with two attached hydrogens (primary N) is 1. The van der Waals surface area contributed by atoms with Gasteiger partial charge in [-0.3, -0.25) is 4.90 Å². The Morgan fingerprint density at radius 1 is 1.21 bits per heavy atom. The third-order valence-corrected chi connectivity index (χ3v) is 3.42. The zero-order chi connectivity index (χ0) is 14.4. The van der Waals surface area contributed by atoms with E-state index in [9.17, 15) is 0 Å². The summed E-state index contributed by atoms with van der Waals surface area (Å²) in [6.45, 7) is 10.8. The van der Waals surface area contributed by atoms with Gasteiger partial charge in [0.05, 0.1) is 0 Å². The molecule has 4 heteroatoms. The molecule has 3 nitrogen and oxygen atoms in total. The minimum absolute atomic E-state index is 0.438. The normalized spacial score (nSPS) is 11.3. The Kier molecular flexibility index (Phi) is 6.25. The molecule has 0 aliphatic heterocycles. The number of para-hydroxylation sites is 1. The second-order valence-corrected chi connectivity index (χ2v) is 5.70. The number of rotatable bonds is 7. The third-order valence-electron chi connectivity index (χ3n) is 3.20. The van der Waals surface area contributed by atoms with Crippen molar-refractivity contribution in [3.05, 3.63) is 29.8 Å². The first kappa shape index (κ1) is 15.9. The van der Waals surface area contributed by atoms with E-state index in [4.69, 9.17) is 18.0 Å². The largest absolute Gasteiger partial charge is 0.389 e. The zero-order valence-electron chi connectivity index (χ0n) is 12.3. The van der Waals surface area contributed by atoms with Crippen LogP contribution in [0.2, 0.25) is 0 Å². The molecule has 3 N–H and O–H groups in total. The average molecular weight is 279 g/mol. The van der Waals surface area contributed by atoms with Crippen molar-refractivity contribution in [3.63, 3.8) is 0 Å². The lowest BCUT2D eigenvalue weighted by Gasteiger charge is -2.30. The van der Waals surface area contributed by atoms with Gasteiger partial charge in [-0.15, -0.1) is 0 Å². The summed E-state index contributed by atoms with van der Waals surface area (Å²) in [6, 6.07) is 9.01. The van der Waals surface area contributed by atoms with E-state index in [1.165, 1.54) is 0 Å². The molecule has 1 rings (SSSR count). The summed E-state index contributed by atoms with van der Waals surface area (Å²) in [4.78, 5) is 2.89. The van der Waals surface area contributed by atoms with Gasteiger partial charge in [-0.25, -0.2) is 0 Å². The van der Waals surface area contributed by atoms with E-state index in [1.807, 2.05) is 24.3 Å². The van der Waals surface area contributed by atoms with Crippen molar-refractivity contribution in [2.24, 2.45) is 5.73 Å². The van der Waals surface area contributed by atoms with Crippen LogP contribution in [0.5, 0.6) is 0 Å². The fourth-order valence-electron chi connectivity index (χ4n) is 2.28. The summed E-state index contributed by atoms with van der Waals surface area (Å²) in [5.74, 6) is 0. The number of hydrogen-bond donors (Lipinski definition) is 2. The first-order chi connectivity index (χ1) is 8.93. The van der Waals surface area contributed by atoms with Gasteiger partial charge in [-0.1, -0.05) is 24.4 Å². The molecule has 1 aromatic rings. The third kappa shape index (κ3) is 4.80. The van der Waals surface area contributed by atoms with Gasteiger partial charge in [-0.05, 0) is 39.8 Å². The molecule has 0 spiro atoms. The fraction of sp³-hybridized carbons (Fsp3) is 0.533. The highest BCUT2D eigenvalue weighted by molar-refractivity contribution is 7.80. The van der Waals surface area contributed by atoms with Crippen LogP contribution in [0.1, 0.15) is 33.3 Å². The molecule has 0 aliphatic rings. The molecule has 0 amide bonds. The number of benzene rings is 1. The second-order valence-electron chi connectivity index (χ2n) is 5.26. The molecule has 0 aliphatic carbocycles. The highest BCUT2D eigenvalue weighted by atomic mass is 32.1. The van der Waals surface area contributed by atoms with Gasteiger partial charge in [0.2, 0.25) is 0 Å². The van der Waals surface area contributed by atoms with Crippen LogP contribution in [-0.2, 0) is 0 Å². The molecule has 0 bridgehead atoms. The van der Waals surface area contributed by atoms with Gasteiger partial charge in [0.1, 0.15) is 4.99 Å². The highest BCUT2D eigenvalue weighted by Gasteiger charge is 2.12. The summed E-state index contributed by atoms with van der Waals surface area (Å²) in [7, 11) is 0. The molecule has 0 heterocycles. The first-order valence-corrected chi connectivity index (χ1v) is 7.22. The average Bonchev–Trinajstić information content (AvgIpc) is 2.33. The number of nitrogens with zero attached hydrogens (tertiary/aromatic N) is 1. The van der Waals surface area contributed by atoms with Crippen LogP contribution >= 0.6 is 12.2 Å². The number of anilines is 1. The maximum Gasteiger partial charge on any atom is 0.106 e. The topological polar surface area (TPSA) is 41.3 Å². The number of thiocarbonyl (C=S) groups is 1. The fourth-order valence-corrected chi connectivity index (χ4v) is 2.46. The minimum Gasteiger partial charge on any atom is -0.389 e. The van der Waals surface area contributed by atoms with Crippen molar-refractivity contribution >= 4 is 22.9 Å². The van der Waals surface area contributed by atoms with Crippen molar-refractivity contribution in [3.8, 4) is 0 Å². The minimum atomic E-state index is 0.438. The Hall–Kier alpha value is -1.13. The molecule has 0 atom stereocenters. The number of hydrogen-bond acceptors (Lipinski definition) is 3. The molecule has 0 fully saturated rings. The molecule has 19 heavy (non-hydrogen) atoms. The molecule has 0 aromatic heterocycles. The summed E-state index contributed by atoms with van der Waals surface area (Å²) in [5.41, 5.74) is 7.65. The SMILES string of the molecule is CC(C)N(CCNc1ccccc1C(N)=S)C(C)C. The van der Waals surface area contributed by atoms with E-state index in [1.54, 1.807) is 0 Å². The molecule has 0 saturated heterocycles. The first-order valence-electron chi connectivity index (χ1n) is 6.82. The van der Waals surface area contributed by atoms with Crippen LogP contribution in [0.4, 0.5) is 5.69 Å². The van der Waals surface area contributed by atoms with Gasteiger partial charge < -0.3 is 11.1 Å². The Morgan fingerprint density at radius 3 is 2.32 bits per heavy atom. The van der Waals surface area contributed by atoms with Gasteiger partial charge >= 0.3 is 0 Å².